The average molecular weight is 341 g/mol. The van der Waals surface area contributed by atoms with Crippen LogP contribution in [0.1, 0.15) is 36.7 Å². The number of hydrogen-bond donors (Lipinski definition) is 1. The van der Waals surface area contributed by atoms with Crippen LogP contribution < -0.4 is 10.1 Å². The number of nitrogens with one attached hydrogen (secondary N) is 1. The van der Waals surface area contributed by atoms with Gasteiger partial charge in [0.15, 0.2) is 0 Å². The zero-order valence-electron chi connectivity index (χ0n) is 14.7. The van der Waals surface area contributed by atoms with Gasteiger partial charge in [0.1, 0.15) is 17.6 Å². The predicted molar refractivity (Wildman–Crippen MR) is 97.3 cm³/mol. The Kier molecular flexibility index (Phi) is 6.17. The molecular weight excluding hydrogens is 318 g/mol. The van der Waals surface area contributed by atoms with Gasteiger partial charge in [-0.25, -0.2) is 4.79 Å². The molecule has 2 aromatic rings. The molecule has 0 spiro atoms. The van der Waals surface area contributed by atoms with E-state index < -0.39 is 11.7 Å². The van der Waals surface area contributed by atoms with Crippen molar-refractivity contribution in [3.05, 3.63) is 59.7 Å². The van der Waals surface area contributed by atoms with Gasteiger partial charge >= 0.3 is 6.09 Å². The van der Waals surface area contributed by atoms with Gasteiger partial charge in [-0.05, 0) is 62.7 Å². The van der Waals surface area contributed by atoms with E-state index in [4.69, 9.17) is 9.47 Å². The molecule has 0 fully saturated rings. The van der Waals surface area contributed by atoms with Gasteiger partial charge in [-0.3, -0.25) is 10.1 Å². The second-order valence-corrected chi connectivity index (χ2v) is 6.61. The number of amides is 1. The number of anilines is 1. The van der Waals surface area contributed by atoms with E-state index in [0.717, 1.165) is 24.0 Å². The highest BCUT2D eigenvalue weighted by molar-refractivity contribution is 5.84. The summed E-state index contributed by atoms with van der Waals surface area (Å²) in [5.41, 5.74) is 1.88. The van der Waals surface area contributed by atoms with Gasteiger partial charge in [0.05, 0.1) is 6.61 Å². The average Bonchev–Trinajstić information content (AvgIpc) is 2.55. The number of ether oxygens (including phenoxy) is 2. The highest BCUT2D eigenvalue weighted by Gasteiger charge is 2.16. The van der Waals surface area contributed by atoms with E-state index in [-0.39, 0.29) is 0 Å². The topological polar surface area (TPSA) is 64.6 Å². The lowest BCUT2D eigenvalue weighted by Gasteiger charge is -2.19. The zero-order chi connectivity index (χ0) is 18.3. The molecule has 0 bridgehead atoms. The van der Waals surface area contributed by atoms with Crippen molar-refractivity contribution in [2.75, 3.05) is 11.9 Å². The summed E-state index contributed by atoms with van der Waals surface area (Å²) in [5.74, 6) is 0.730. The quantitative estimate of drug-likeness (QED) is 0.788. The Morgan fingerprint density at radius 3 is 2.24 bits per heavy atom. The SMILES string of the molecule is CC(C)(C)OC(=O)Nc1ccc(CCOc2ccc(C=O)cc2)cc1. The molecule has 0 heterocycles. The first kappa shape index (κ1) is 18.5. The van der Waals surface area contributed by atoms with E-state index in [1.807, 2.05) is 45.0 Å². The summed E-state index contributed by atoms with van der Waals surface area (Å²) in [6.45, 7) is 5.99. The summed E-state index contributed by atoms with van der Waals surface area (Å²) in [4.78, 5) is 22.3. The number of hydrogen-bond acceptors (Lipinski definition) is 4. The molecule has 0 atom stereocenters. The van der Waals surface area contributed by atoms with Crippen molar-refractivity contribution in [3.8, 4) is 5.75 Å². The van der Waals surface area contributed by atoms with Crippen molar-refractivity contribution in [3.63, 3.8) is 0 Å². The molecular formula is C20H23NO4. The molecule has 1 N–H and O–H groups in total. The van der Waals surface area contributed by atoms with Crippen LogP contribution in [0.3, 0.4) is 0 Å². The first-order valence-corrected chi connectivity index (χ1v) is 8.13. The maximum Gasteiger partial charge on any atom is 0.412 e. The lowest BCUT2D eigenvalue weighted by atomic mass is 10.1. The largest absolute Gasteiger partial charge is 0.493 e. The van der Waals surface area contributed by atoms with Crippen LogP contribution in [-0.4, -0.2) is 24.6 Å². The van der Waals surface area contributed by atoms with Crippen LogP contribution in [0, 0.1) is 0 Å². The lowest BCUT2D eigenvalue weighted by molar-refractivity contribution is 0.0636. The monoisotopic (exact) mass is 341 g/mol. The van der Waals surface area contributed by atoms with Gasteiger partial charge in [0, 0.05) is 17.7 Å². The van der Waals surface area contributed by atoms with Crippen LogP contribution >= 0.6 is 0 Å². The number of rotatable bonds is 6. The molecule has 0 aliphatic heterocycles. The summed E-state index contributed by atoms with van der Waals surface area (Å²) in [5, 5.41) is 2.70. The zero-order valence-corrected chi connectivity index (χ0v) is 14.7. The molecule has 5 nitrogen and oxygen atoms in total. The molecule has 25 heavy (non-hydrogen) atoms. The minimum absolute atomic E-state index is 0.470. The number of benzene rings is 2. The first-order chi connectivity index (χ1) is 11.9. The highest BCUT2D eigenvalue weighted by Crippen LogP contribution is 2.15. The third kappa shape index (κ3) is 6.67. The van der Waals surface area contributed by atoms with E-state index >= 15 is 0 Å². The second kappa shape index (κ2) is 8.33. The van der Waals surface area contributed by atoms with Crippen molar-refractivity contribution >= 4 is 18.1 Å². The molecule has 0 aliphatic rings. The van der Waals surface area contributed by atoms with Crippen molar-refractivity contribution in [2.45, 2.75) is 32.8 Å². The number of carbonyl (C=O) groups excluding carboxylic acids is 2. The summed E-state index contributed by atoms with van der Waals surface area (Å²) < 4.78 is 10.9. The van der Waals surface area contributed by atoms with Gasteiger partial charge in [0.25, 0.3) is 0 Å². The highest BCUT2D eigenvalue weighted by atomic mass is 16.6. The lowest BCUT2D eigenvalue weighted by Crippen LogP contribution is -2.27. The van der Waals surface area contributed by atoms with E-state index in [1.54, 1.807) is 24.3 Å². The molecule has 0 saturated heterocycles. The third-order valence-corrected chi connectivity index (χ3v) is 3.27. The molecule has 2 aromatic carbocycles. The van der Waals surface area contributed by atoms with E-state index in [2.05, 4.69) is 5.32 Å². The minimum atomic E-state index is -0.523. The molecule has 0 aromatic heterocycles. The van der Waals surface area contributed by atoms with Crippen LogP contribution in [0.25, 0.3) is 0 Å². The van der Waals surface area contributed by atoms with Crippen molar-refractivity contribution in [1.82, 2.24) is 0 Å². The van der Waals surface area contributed by atoms with Crippen LogP contribution in [0.15, 0.2) is 48.5 Å². The third-order valence-electron chi connectivity index (χ3n) is 3.27. The Balaban J connectivity index is 1.79. The number of carbonyl (C=O) groups is 2. The molecule has 0 unspecified atom stereocenters. The first-order valence-electron chi connectivity index (χ1n) is 8.13. The van der Waals surface area contributed by atoms with Gasteiger partial charge in [-0.1, -0.05) is 12.1 Å². The smallest absolute Gasteiger partial charge is 0.412 e. The van der Waals surface area contributed by atoms with Gasteiger partial charge in [0.2, 0.25) is 0 Å². The molecule has 5 heteroatoms. The molecule has 132 valence electrons. The molecule has 2 rings (SSSR count). The Hall–Kier alpha value is -2.82. The number of aldehydes is 1. The van der Waals surface area contributed by atoms with Gasteiger partial charge < -0.3 is 9.47 Å². The maximum atomic E-state index is 11.7. The molecule has 0 radical (unpaired) electrons. The Morgan fingerprint density at radius 1 is 1.04 bits per heavy atom. The van der Waals surface area contributed by atoms with Crippen molar-refractivity contribution in [1.29, 1.82) is 0 Å². The minimum Gasteiger partial charge on any atom is -0.493 e. The summed E-state index contributed by atoms with van der Waals surface area (Å²) in [7, 11) is 0. The Bertz CT molecular complexity index is 700. The Morgan fingerprint density at radius 2 is 1.68 bits per heavy atom. The maximum absolute atomic E-state index is 11.7. The van der Waals surface area contributed by atoms with Gasteiger partial charge in [-0.2, -0.15) is 0 Å². The van der Waals surface area contributed by atoms with E-state index in [1.165, 1.54) is 0 Å². The standard InChI is InChI=1S/C20H23NO4/c1-20(2,3)25-19(23)21-17-8-4-15(5-9-17)12-13-24-18-10-6-16(14-22)7-11-18/h4-11,14H,12-13H2,1-3H3,(H,21,23). The normalized spacial score (nSPS) is 10.8. The summed E-state index contributed by atoms with van der Waals surface area (Å²) in [6, 6.07) is 14.5. The Labute approximate surface area is 148 Å². The van der Waals surface area contributed by atoms with Crippen molar-refractivity contribution in [2.24, 2.45) is 0 Å². The molecule has 1 amide bonds. The molecule has 0 aliphatic carbocycles. The fraction of sp³-hybridized carbons (Fsp3) is 0.300. The summed E-state index contributed by atoms with van der Waals surface area (Å²) >= 11 is 0. The van der Waals surface area contributed by atoms with Gasteiger partial charge in [-0.15, -0.1) is 0 Å². The van der Waals surface area contributed by atoms with Crippen LogP contribution in [-0.2, 0) is 11.2 Å². The second-order valence-electron chi connectivity index (χ2n) is 6.61. The van der Waals surface area contributed by atoms with E-state index in [9.17, 15) is 9.59 Å². The molecule has 0 saturated carbocycles. The van der Waals surface area contributed by atoms with E-state index in [0.29, 0.717) is 17.9 Å². The fourth-order valence-electron chi connectivity index (χ4n) is 2.11. The summed E-state index contributed by atoms with van der Waals surface area (Å²) in [6.07, 6.45) is 1.07. The van der Waals surface area contributed by atoms with Crippen LogP contribution in [0.2, 0.25) is 0 Å². The fourth-order valence-corrected chi connectivity index (χ4v) is 2.11. The predicted octanol–water partition coefficient (Wildman–Crippen LogP) is 4.47. The van der Waals surface area contributed by atoms with Crippen LogP contribution in [0.4, 0.5) is 10.5 Å². The van der Waals surface area contributed by atoms with Crippen LogP contribution in [0.5, 0.6) is 5.75 Å². The van der Waals surface area contributed by atoms with Crippen molar-refractivity contribution < 1.29 is 19.1 Å².